The third kappa shape index (κ3) is 1.65. The Labute approximate surface area is 75.5 Å². The van der Waals surface area contributed by atoms with Crippen molar-refractivity contribution >= 4 is 11.9 Å². The highest BCUT2D eigenvalue weighted by Crippen LogP contribution is 2.36. The highest BCUT2D eigenvalue weighted by Gasteiger charge is 2.48. The zero-order valence-electron chi connectivity index (χ0n) is 7.19. The first-order valence-electron chi connectivity index (χ1n) is 4.21. The maximum Gasteiger partial charge on any atom is 0.321 e. The Balaban J connectivity index is 2.90. The zero-order valence-corrected chi connectivity index (χ0v) is 7.19. The summed E-state index contributed by atoms with van der Waals surface area (Å²) in [5.41, 5.74) is 3.92. The van der Waals surface area contributed by atoms with Gasteiger partial charge in [0.25, 0.3) is 0 Å². The molecule has 1 atom stereocenters. The second kappa shape index (κ2) is 3.33. The highest BCUT2D eigenvalue weighted by molar-refractivity contribution is 5.98. The molecule has 0 aromatic heterocycles. The Kier molecular flexibility index (Phi) is 2.56. The normalized spacial score (nSPS) is 26.7. The first-order valence-corrected chi connectivity index (χ1v) is 4.21. The van der Waals surface area contributed by atoms with E-state index in [1.165, 1.54) is 0 Å². The Morgan fingerprint density at radius 2 is 1.85 bits per heavy atom. The molecule has 0 radical (unpaired) electrons. The van der Waals surface area contributed by atoms with Crippen molar-refractivity contribution in [1.29, 1.82) is 0 Å². The molecule has 0 aliphatic heterocycles. The van der Waals surface area contributed by atoms with E-state index in [1.54, 1.807) is 0 Å². The van der Waals surface area contributed by atoms with Crippen LogP contribution in [0, 0.1) is 5.41 Å². The van der Waals surface area contributed by atoms with Gasteiger partial charge in [-0.25, -0.2) is 0 Å². The SMILES string of the molecule is NC1CCCC(C(=O)O)(C(=O)O)C1. The lowest BCUT2D eigenvalue weighted by Gasteiger charge is -2.32. The van der Waals surface area contributed by atoms with Gasteiger partial charge in [-0.1, -0.05) is 6.42 Å². The van der Waals surface area contributed by atoms with Crippen LogP contribution in [0.25, 0.3) is 0 Å². The zero-order chi connectivity index (χ0) is 10.1. The van der Waals surface area contributed by atoms with E-state index in [0.717, 1.165) is 0 Å². The van der Waals surface area contributed by atoms with E-state index in [2.05, 4.69) is 0 Å². The number of hydrogen-bond donors (Lipinski definition) is 3. The third-order valence-electron chi connectivity index (χ3n) is 2.61. The summed E-state index contributed by atoms with van der Waals surface area (Å²) in [4.78, 5) is 21.7. The molecule has 1 unspecified atom stereocenters. The molecule has 0 bridgehead atoms. The molecule has 13 heavy (non-hydrogen) atoms. The average molecular weight is 187 g/mol. The van der Waals surface area contributed by atoms with Gasteiger partial charge in [0.05, 0.1) is 0 Å². The number of carboxylic acids is 2. The Morgan fingerprint density at radius 1 is 1.31 bits per heavy atom. The number of hydrogen-bond acceptors (Lipinski definition) is 3. The summed E-state index contributed by atoms with van der Waals surface area (Å²) in [7, 11) is 0. The second-order valence-electron chi connectivity index (χ2n) is 3.55. The van der Waals surface area contributed by atoms with Gasteiger partial charge in [-0.2, -0.15) is 0 Å². The number of rotatable bonds is 2. The largest absolute Gasteiger partial charge is 0.480 e. The fourth-order valence-corrected chi connectivity index (χ4v) is 1.80. The highest BCUT2D eigenvalue weighted by atomic mass is 16.4. The van der Waals surface area contributed by atoms with Crippen molar-refractivity contribution in [2.45, 2.75) is 31.7 Å². The molecular formula is C8H13NO4. The molecule has 1 aliphatic rings. The minimum absolute atomic E-state index is 0.0394. The van der Waals surface area contributed by atoms with Gasteiger partial charge in [0.15, 0.2) is 5.41 Å². The Bertz CT molecular complexity index is 224. The number of carboxylic acid groups (broad SMARTS) is 2. The first-order chi connectivity index (χ1) is 5.99. The van der Waals surface area contributed by atoms with Gasteiger partial charge in [-0.3, -0.25) is 9.59 Å². The summed E-state index contributed by atoms with van der Waals surface area (Å²) in [6, 6.07) is -0.305. The van der Waals surface area contributed by atoms with Gasteiger partial charge < -0.3 is 15.9 Å². The lowest BCUT2D eigenvalue weighted by molar-refractivity contribution is -0.167. The van der Waals surface area contributed by atoms with Gasteiger partial charge in [0, 0.05) is 6.04 Å². The quantitative estimate of drug-likeness (QED) is 0.530. The average Bonchev–Trinajstić information content (AvgIpc) is 2.03. The van der Waals surface area contributed by atoms with E-state index in [9.17, 15) is 9.59 Å². The standard InChI is InChI=1S/C8H13NO4/c9-5-2-1-3-8(4-5,6(10)11)7(12)13/h5H,1-4,9H2,(H,10,11)(H,12,13). The molecule has 5 nitrogen and oxygen atoms in total. The van der Waals surface area contributed by atoms with Crippen molar-refractivity contribution in [1.82, 2.24) is 0 Å². The van der Waals surface area contributed by atoms with Crippen molar-refractivity contribution in [2.75, 3.05) is 0 Å². The predicted molar refractivity (Wildman–Crippen MR) is 44.1 cm³/mol. The van der Waals surface area contributed by atoms with Gasteiger partial charge in [-0.05, 0) is 19.3 Å². The predicted octanol–water partition coefficient (Wildman–Crippen LogP) is 0.0433. The van der Waals surface area contributed by atoms with Crippen molar-refractivity contribution in [3.05, 3.63) is 0 Å². The van der Waals surface area contributed by atoms with Crippen LogP contribution in [0.2, 0.25) is 0 Å². The van der Waals surface area contributed by atoms with Gasteiger partial charge in [0.1, 0.15) is 0 Å². The van der Waals surface area contributed by atoms with Crippen LogP contribution in [0.15, 0.2) is 0 Å². The van der Waals surface area contributed by atoms with E-state index in [1.807, 2.05) is 0 Å². The molecule has 0 saturated heterocycles. The monoisotopic (exact) mass is 187 g/mol. The molecule has 74 valence electrons. The molecule has 1 saturated carbocycles. The molecule has 1 aliphatic carbocycles. The summed E-state index contributed by atoms with van der Waals surface area (Å²) in [6.07, 6.45) is 1.51. The molecule has 0 spiro atoms. The van der Waals surface area contributed by atoms with E-state index in [-0.39, 0.29) is 18.9 Å². The summed E-state index contributed by atoms with van der Waals surface area (Å²) >= 11 is 0. The van der Waals surface area contributed by atoms with Gasteiger partial charge >= 0.3 is 11.9 Å². The van der Waals surface area contributed by atoms with E-state index in [0.29, 0.717) is 12.8 Å². The topological polar surface area (TPSA) is 101 Å². The smallest absolute Gasteiger partial charge is 0.321 e. The number of aliphatic carboxylic acids is 2. The molecule has 0 amide bonds. The number of nitrogens with two attached hydrogens (primary N) is 1. The fourth-order valence-electron chi connectivity index (χ4n) is 1.80. The Hall–Kier alpha value is -1.10. The van der Waals surface area contributed by atoms with Crippen molar-refractivity contribution in [2.24, 2.45) is 11.1 Å². The molecule has 5 heteroatoms. The minimum atomic E-state index is -1.64. The maximum atomic E-state index is 10.8. The van der Waals surface area contributed by atoms with E-state index < -0.39 is 17.4 Å². The lowest BCUT2D eigenvalue weighted by atomic mass is 9.72. The fraction of sp³-hybridized carbons (Fsp3) is 0.750. The molecule has 1 rings (SSSR count). The van der Waals surface area contributed by atoms with Gasteiger partial charge in [0.2, 0.25) is 0 Å². The molecule has 0 aromatic carbocycles. The maximum absolute atomic E-state index is 10.8. The third-order valence-corrected chi connectivity index (χ3v) is 2.61. The van der Waals surface area contributed by atoms with E-state index >= 15 is 0 Å². The molecule has 4 N–H and O–H groups in total. The van der Waals surface area contributed by atoms with Gasteiger partial charge in [-0.15, -0.1) is 0 Å². The van der Waals surface area contributed by atoms with Crippen LogP contribution >= 0.6 is 0 Å². The lowest BCUT2D eigenvalue weighted by Crippen LogP contribution is -2.46. The van der Waals surface area contributed by atoms with Crippen LogP contribution in [-0.2, 0) is 9.59 Å². The molecule has 0 aromatic rings. The summed E-state index contributed by atoms with van der Waals surface area (Å²) in [5, 5.41) is 17.7. The van der Waals surface area contributed by atoms with Crippen LogP contribution in [0.4, 0.5) is 0 Å². The molecule has 1 fully saturated rings. The van der Waals surface area contributed by atoms with Crippen molar-refractivity contribution in [3.8, 4) is 0 Å². The van der Waals surface area contributed by atoms with Crippen LogP contribution in [0.3, 0.4) is 0 Å². The van der Waals surface area contributed by atoms with Crippen LogP contribution in [0.1, 0.15) is 25.7 Å². The Morgan fingerprint density at radius 3 is 2.15 bits per heavy atom. The van der Waals surface area contributed by atoms with Crippen molar-refractivity contribution in [3.63, 3.8) is 0 Å². The van der Waals surface area contributed by atoms with E-state index in [4.69, 9.17) is 15.9 Å². The summed E-state index contributed by atoms with van der Waals surface area (Å²) in [6.45, 7) is 0. The minimum Gasteiger partial charge on any atom is -0.480 e. The first kappa shape index (κ1) is 9.98. The number of carbonyl (C=O) groups is 2. The molecule has 0 heterocycles. The van der Waals surface area contributed by atoms with Crippen LogP contribution in [-0.4, -0.2) is 28.2 Å². The van der Waals surface area contributed by atoms with Crippen LogP contribution in [0.5, 0.6) is 0 Å². The van der Waals surface area contributed by atoms with Crippen LogP contribution < -0.4 is 5.73 Å². The second-order valence-corrected chi connectivity index (χ2v) is 3.55. The summed E-state index contributed by atoms with van der Waals surface area (Å²) < 4.78 is 0. The summed E-state index contributed by atoms with van der Waals surface area (Å²) in [5.74, 6) is -2.54. The molecular weight excluding hydrogens is 174 g/mol. The van der Waals surface area contributed by atoms with Crippen molar-refractivity contribution < 1.29 is 19.8 Å².